The van der Waals surface area contributed by atoms with E-state index in [0.717, 1.165) is 22.9 Å². The van der Waals surface area contributed by atoms with Crippen molar-refractivity contribution in [2.45, 2.75) is 46.8 Å². The molecule has 0 unspecified atom stereocenters. The molecule has 7 heteroatoms. The van der Waals surface area contributed by atoms with Crippen LogP contribution in [-0.4, -0.2) is 41.0 Å². The molecule has 0 aliphatic heterocycles. The highest BCUT2D eigenvalue weighted by Crippen LogP contribution is 2.16. The van der Waals surface area contributed by atoms with Gasteiger partial charge in [0.05, 0.1) is 30.1 Å². The summed E-state index contributed by atoms with van der Waals surface area (Å²) in [6.45, 7) is 10.3. The van der Waals surface area contributed by atoms with Gasteiger partial charge < -0.3 is 20.2 Å². The Morgan fingerprint density at radius 1 is 1.36 bits per heavy atom. The van der Waals surface area contributed by atoms with Gasteiger partial charge in [-0.05, 0) is 58.4 Å². The van der Waals surface area contributed by atoms with Gasteiger partial charge in [0.25, 0.3) is 0 Å². The molecule has 0 amide bonds. The van der Waals surface area contributed by atoms with Crippen molar-refractivity contribution in [3.8, 4) is 0 Å². The number of hydrogen-bond donors (Lipinski definition) is 2. The fraction of sp³-hybridized carbons (Fsp3) is 0.429. The minimum Gasteiger partial charge on any atom is -0.462 e. The highest BCUT2D eigenvalue weighted by Gasteiger charge is 2.18. The van der Waals surface area contributed by atoms with Crippen LogP contribution in [-0.2, 0) is 20.8 Å². The van der Waals surface area contributed by atoms with Crippen molar-refractivity contribution >= 4 is 23.2 Å². The second-order valence-corrected chi connectivity index (χ2v) is 7.29. The highest BCUT2D eigenvalue weighted by molar-refractivity contribution is 6.09. The van der Waals surface area contributed by atoms with Crippen molar-refractivity contribution in [3.05, 3.63) is 46.9 Å². The van der Waals surface area contributed by atoms with E-state index < -0.39 is 5.97 Å². The molecule has 0 fully saturated rings. The van der Waals surface area contributed by atoms with E-state index in [2.05, 4.69) is 15.3 Å². The smallest absolute Gasteiger partial charge is 0.341 e. The number of fused-ring (bicyclic) bond motifs is 1. The molecule has 0 radical (unpaired) electrons. The van der Waals surface area contributed by atoms with Gasteiger partial charge >= 0.3 is 5.97 Å². The van der Waals surface area contributed by atoms with Gasteiger partial charge in [-0.2, -0.15) is 0 Å². The lowest BCUT2D eigenvalue weighted by Gasteiger charge is -2.22. The Hall–Kier alpha value is -2.80. The van der Waals surface area contributed by atoms with Crippen molar-refractivity contribution in [2.75, 3.05) is 13.2 Å². The lowest BCUT2D eigenvalue weighted by Crippen LogP contribution is -2.28. The number of carbonyl (C=O) groups is 1. The average Bonchev–Trinajstić information content (AvgIpc) is 2.63. The van der Waals surface area contributed by atoms with Gasteiger partial charge in [-0.15, -0.1) is 0 Å². The second kappa shape index (κ2) is 9.41. The third kappa shape index (κ3) is 5.85. The molecule has 2 N–H and O–H groups in total. The Balaban J connectivity index is 2.30. The second-order valence-electron chi connectivity index (χ2n) is 7.29. The van der Waals surface area contributed by atoms with Crippen molar-refractivity contribution in [1.82, 2.24) is 15.3 Å². The number of esters is 1. The normalized spacial score (nSPS) is 12.5. The van der Waals surface area contributed by atoms with E-state index in [1.165, 1.54) is 0 Å². The van der Waals surface area contributed by atoms with Crippen molar-refractivity contribution in [3.63, 3.8) is 0 Å². The molecule has 0 saturated carbocycles. The van der Waals surface area contributed by atoms with Crippen LogP contribution in [0.4, 0.5) is 0 Å². The van der Waals surface area contributed by atoms with Gasteiger partial charge in [-0.3, -0.25) is 0 Å². The minimum atomic E-state index is -0.546. The number of carbonyl (C=O) groups excluding carboxylic acids is 1. The summed E-state index contributed by atoms with van der Waals surface area (Å²) in [6.07, 6.45) is 2.72. The largest absolute Gasteiger partial charge is 0.462 e. The van der Waals surface area contributed by atoms with Crippen molar-refractivity contribution in [2.24, 2.45) is 0 Å². The molecule has 7 nitrogen and oxygen atoms in total. The standard InChI is InChI=1S/C21H28N4O3/c1-6-27-20(26)17(11-22)18(13-28-21(3,4)5)24-12-16-10-15-8-7-9-23-19(15)25-14(16)2/h7-11,22,24H,6,12-13H2,1-5H3/b18-17+,22-11?. The number of hydrogen-bond acceptors (Lipinski definition) is 7. The van der Waals surface area contributed by atoms with Crippen LogP contribution in [0, 0.1) is 12.3 Å². The Morgan fingerprint density at radius 2 is 2.11 bits per heavy atom. The van der Waals surface area contributed by atoms with Crippen LogP contribution in [0.25, 0.3) is 11.0 Å². The predicted molar refractivity (Wildman–Crippen MR) is 109 cm³/mol. The number of aryl methyl sites for hydroxylation is 1. The van der Waals surface area contributed by atoms with Gasteiger partial charge in [0.2, 0.25) is 0 Å². The van der Waals surface area contributed by atoms with E-state index in [4.69, 9.17) is 14.9 Å². The van der Waals surface area contributed by atoms with Gasteiger partial charge in [-0.25, -0.2) is 14.8 Å². The highest BCUT2D eigenvalue weighted by atomic mass is 16.5. The van der Waals surface area contributed by atoms with Crippen molar-refractivity contribution in [1.29, 1.82) is 5.41 Å². The topological polar surface area (TPSA) is 97.2 Å². The quantitative estimate of drug-likeness (QED) is 0.412. The van der Waals surface area contributed by atoms with E-state index in [-0.39, 0.29) is 24.4 Å². The molecule has 28 heavy (non-hydrogen) atoms. The summed E-state index contributed by atoms with van der Waals surface area (Å²) in [5.41, 5.74) is 2.79. The molecule has 0 aliphatic carbocycles. The first-order valence-corrected chi connectivity index (χ1v) is 9.25. The van der Waals surface area contributed by atoms with Crippen LogP contribution in [0.1, 0.15) is 39.0 Å². The first-order chi connectivity index (χ1) is 13.2. The SMILES string of the molecule is CCOC(=O)/C(C=N)=C(\COC(C)(C)C)NCc1cc2cccnc2nc1C. The Morgan fingerprint density at radius 3 is 2.75 bits per heavy atom. The maximum Gasteiger partial charge on any atom is 0.341 e. The monoisotopic (exact) mass is 384 g/mol. The number of ether oxygens (including phenoxy) is 2. The van der Waals surface area contributed by atoms with Crippen LogP contribution in [0.5, 0.6) is 0 Å². The zero-order valence-electron chi connectivity index (χ0n) is 17.1. The maximum atomic E-state index is 12.2. The van der Waals surface area contributed by atoms with Gasteiger partial charge in [0.1, 0.15) is 0 Å². The molecule has 0 atom stereocenters. The summed E-state index contributed by atoms with van der Waals surface area (Å²) in [4.78, 5) is 21.0. The molecular formula is C21H28N4O3. The first-order valence-electron chi connectivity index (χ1n) is 9.25. The average molecular weight is 384 g/mol. The molecule has 150 valence electrons. The van der Waals surface area contributed by atoms with E-state index in [1.54, 1.807) is 13.1 Å². The van der Waals surface area contributed by atoms with Gasteiger partial charge in [0, 0.05) is 30.0 Å². The minimum absolute atomic E-state index is 0.152. The van der Waals surface area contributed by atoms with E-state index in [0.29, 0.717) is 17.9 Å². The molecule has 0 aliphatic rings. The fourth-order valence-electron chi connectivity index (χ4n) is 2.51. The molecule has 0 aromatic carbocycles. The third-order valence-corrected chi connectivity index (χ3v) is 3.99. The number of nitrogens with one attached hydrogen (secondary N) is 2. The first kappa shape index (κ1) is 21.5. The molecular weight excluding hydrogens is 356 g/mol. The Bertz CT molecular complexity index is 885. The molecule has 0 bridgehead atoms. The van der Waals surface area contributed by atoms with Gasteiger partial charge in [0.15, 0.2) is 5.65 Å². The molecule has 0 saturated heterocycles. The van der Waals surface area contributed by atoms with Crippen LogP contribution in [0.2, 0.25) is 0 Å². The lowest BCUT2D eigenvalue weighted by atomic mass is 10.1. The molecule has 2 rings (SSSR count). The lowest BCUT2D eigenvalue weighted by molar-refractivity contribution is -0.138. The number of nitrogens with zero attached hydrogens (tertiary/aromatic N) is 2. The fourth-order valence-corrected chi connectivity index (χ4v) is 2.51. The van der Waals surface area contributed by atoms with Crippen LogP contribution in [0.3, 0.4) is 0 Å². The zero-order chi connectivity index (χ0) is 20.7. The van der Waals surface area contributed by atoms with E-state index >= 15 is 0 Å². The summed E-state index contributed by atoms with van der Waals surface area (Å²) >= 11 is 0. The summed E-state index contributed by atoms with van der Waals surface area (Å²) in [6, 6.07) is 5.85. The van der Waals surface area contributed by atoms with Gasteiger partial charge in [-0.1, -0.05) is 0 Å². The molecule has 2 heterocycles. The molecule has 2 aromatic heterocycles. The summed E-state index contributed by atoms with van der Waals surface area (Å²) < 4.78 is 10.9. The molecule has 0 spiro atoms. The van der Waals surface area contributed by atoms with Crippen molar-refractivity contribution < 1.29 is 14.3 Å². The van der Waals surface area contributed by atoms with Crippen LogP contribution < -0.4 is 5.32 Å². The number of pyridine rings is 2. The maximum absolute atomic E-state index is 12.2. The zero-order valence-corrected chi connectivity index (χ0v) is 17.1. The number of rotatable bonds is 8. The van der Waals surface area contributed by atoms with E-state index in [9.17, 15) is 4.79 Å². The van der Waals surface area contributed by atoms with Crippen LogP contribution in [0.15, 0.2) is 35.7 Å². The van der Waals surface area contributed by atoms with Crippen LogP contribution >= 0.6 is 0 Å². The summed E-state index contributed by atoms with van der Waals surface area (Å²) in [5, 5.41) is 11.9. The summed E-state index contributed by atoms with van der Waals surface area (Å²) in [7, 11) is 0. The van der Waals surface area contributed by atoms with E-state index in [1.807, 2.05) is 45.9 Å². The number of aromatic nitrogens is 2. The summed E-state index contributed by atoms with van der Waals surface area (Å²) in [5.74, 6) is -0.546. The Labute approximate surface area is 165 Å². The predicted octanol–water partition coefficient (Wildman–Crippen LogP) is 3.31. The molecule has 2 aromatic rings. The third-order valence-electron chi connectivity index (χ3n) is 3.99. The Kier molecular flexibility index (Phi) is 7.23.